The molecular formula is C30H28F5N7O2S. The molecule has 236 valence electrons. The maximum absolute atomic E-state index is 14.8. The zero-order valence-electron chi connectivity index (χ0n) is 24.0. The van der Waals surface area contributed by atoms with Crippen molar-refractivity contribution in [1.29, 1.82) is 5.26 Å². The smallest absolute Gasteiger partial charge is 0.433 e. The van der Waals surface area contributed by atoms with Gasteiger partial charge >= 0.3 is 12.2 Å². The average molecular weight is 646 g/mol. The Morgan fingerprint density at radius 1 is 1.24 bits per heavy atom. The highest BCUT2D eigenvalue weighted by molar-refractivity contribution is 7.23. The van der Waals surface area contributed by atoms with Crippen molar-refractivity contribution in [3.63, 3.8) is 0 Å². The zero-order chi connectivity index (χ0) is 31.7. The van der Waals surface area contributed by atoms with Gasteiger partial charge in [0.1, 0.15) is 41.3 Å². The van der Waals surface area contributed by atoms with Crippen LogP contribution < -0.4 is 20.5 Å². The number of benzene rings is 1. The minimum Gasteiger partial charge on any atom is -0.471 e. The number of rotatable bonds is 6. The van der Waals surface area contributed by atoms with E-state index in [2.05, 4.69) is 25.2 Å². The van der Waals surface area contributed by atoms with Crippen LogP contribution in [0.3, 0.4) is 0 Å². The first-order valence-corrected chi connectivity index (χ1v) is 15.4. The van der Waals surface area contributed by atoms with E-state index < -0.39 is 41.1 Å². The summed E-state index contributed by atoms with van der Waals surface area (Å²) in [5.74, 6) is -0.893. The number of nitrogens with zero attached hydrogens (tertiary/aromatic N) is 5. The number of fused-ring (bicyclic) bond motifs is 3. The van der Waals surface area contributed by atoms with Crippen LogP contribution in [0.2, 0.25) is 0 Å². The first kappa shape index (κ1) is 29.8. The zero-order valence-corrected chi connectivity index (χ0v) is 24.9. The first-order valence-electron chi connectivity index (χ1n) is 14.6. The van der Waals surface area contributed by atoms with E-state index in [4.69, 9.17) is 15.2 Å². The van der Waals surface area contributed by atoms with Crippen LogP contribution in [0.15, 0.2) is 18.2 Å². The number of aromatic nitrogens is 3. The standard InChI is InChI=1S/C30H28F5N7O2S/c1-14-7-16(11-38-14)44-27-23-21(39-28(41-27)43-13-29-5-2-6-42(29)12-15(31)9-29)8-18(25(40-23)30(33,34)35)17-3-4-20(32)24-22(17)19(10-36)26(37)45-24/h3-4,8,14-16,38H,2,5-7,9,11-13,37H2,1H3. The molecule has 3 aromatic heterocycles. The van der Waals surface area contributed by atoms with Gasteiger partial charge in [-0.2, -0.15) is 28.4 Å². The Balaban J connectivity index is 1.39. The lowest BCUT2D eigenvalue weighted by Crippen LogP contribution is -2.43. The summed E-state index contributed by atoms with van der Waals surface area (Å²) in [4.78, 5) is 14.9. The number of thiophene rings is 1. The van der Waals surface area contributed by atoms with Gasteiger partial charge in [-0.3, -0.25) is 4.90 Å². The molecule has 0 bridgehead atoms. The molecule has 3 aliphatic heterocycles. The van der Waals surface area contributed by atoms with Crippen LogP contribution in [0.25, 0.3) is 32.2 Å². The minimum absolute atomic E-state index is 0.00763. The maximum atomic E-state index is 14.8. The molecular weight excluding hydrogens is 617 g/mol. The fraction of sp³-hybridized carbons (Fsp3) is 0.467. The first-order chi connectivity index (χ1) is 21.5. The fourth-order valence-electron chi connectivity index (χ4n) is 6.90. The number of hydrogen-bond donors (Lipinski definition) is 2. The van der Waals surface area contributed by atoms with Crippen molar-refractivity contribution in [3.05, 3.63) is 35.3 Å². The van der Waals surface area contributed by atoms with Crippen molar-refractivity contribution in [1.82, 2.24) is 25.2 Å². The molecule has 1 aromatic carbocycles. The summed E-state index contributed by atoms with van der Waals surface area (Å²) in [6.45, 7) is 3.58. The van der Waals surface area contributed by atoms with Crippen LogP contribution >= 0.6 is 11.3 Å². The van der Waals surface area contributed by atoms with Gasteiger partial charge in [0, 0.05) is 42.9 Å². The SMILES string of the molecule is CC1CC(Oc2nc(OCC34CCCN3CC(F)C4)nc3cc(-c4ccc(F)c5sc(N)c(C#N)c45)c(C(F)(F)F)nc23)CN1. The number of pyridine rings is 1. The van der Waals surface area contributed by atoms with Gasteiger partial charge < -0.3 is 20.5 Å². The number of hydrogen-bond acceptors (Lipinski definition) is 10. The Labute approximate surface area is 258 Å². The van der Waals surface area contributed by atoms with Gasteiger partial charge in [-0.1, -0.05) is 6.07 Å². The number of nitrogen functional groups attached to an aromatic ring is 1. The highest BCUT2D eigenvalue weighted by atomic mass is 32.1. The molecule has 0 spiro atoms. The second-order valence-electron chi connectivity index (χ2n) is 12.0. The third-order valence-corrected chi connectivity index (χ3v) is 9.95. The normalized spacial score (nSPS) is 25.2. The Kier molecular flexibility index (Phi) is 7.21. The van der Waals surface area contributed by atoms with Gasteiger partial charge in [0.25, 0.3) is 0 Å². The summed E-state index contributed by atoms with van der Waals surface area (Å²) in [5, 5.41) is 12.9. The van der Waals surface area contributed by atoms with E-state index in [0.29, 0.717) is 25.9 Å². The molecule has 3 saturated heterocycles. The summed E-state index contributed by atoms with van der Waals surface area (Å²) >= 11 is 0.781. The predicted octanol–water partition coefficient (Wildman–Crippen LogP) is 5.60. The molecule has 0 radical (unpaired) electrons. The predicted molar refractivity (Wildman–Crippen MR) is 157 cm³/mol. The number of nitrogens with one attached hydrogen (secondary N) is 1. The summed E-state index contributed by atoms with van der Waals surface area (Å²) in [7, 11) is 0. The van der Waals surface area contributed by atoms with E-state index in [1.54, 1.807) is 0 Å². The Morgan fingerprint density at radius 3 is 2.80 bits per heavy atom. The van der Waals surface area contributed by atoms with Crippen LogP contribution in [-0.2, 0) is 6.18 Å². The van der Waals surface area contributed by atoms with E-state index in [-0.39, 0.29) is 61.8 Å². The van der Waals surface area contributed by atoms with Gasteiger partial charge in [0.15, 0.2) is 11.2 Å². The lowest BCUT2D eigenvalue weighted by Gasteiger charge is -2.30. The van der Waals surface area contributed by atoms with Crippen molar-refractivity contribution in [2.75, 3.05) is 32.0 Å². The van der Waals surface area contributed by atoms with Crippen molar-refractivity contribution >= 4 is 37.5 Å². The lowest BCUT2D eigenvalue weighted by molar-refractivity contribution is -0.140. The monoisotopic (exact) mass is 645 g/mol. The third-order valence-electron chi connectivity index (χ3n) is 8.93. The molecule has 0 saturated carbocycles. The molecule has 9 nitrogen and oxygen atoms in total. The number of nitrogens with two attached hydrogens (primary N) is 1. The number of nitriles is 1. The van der Waals surface area contributed by atoms with Gasteiger partial charge in [-0.25, -0.2) is 13.8 Å². The van der Waals surface area contributed by atoms with Crippen molar-refractivity contribution in [2.24, 2.45) is 0 Å². The average Bonchev–Trinajstić information content (AvgIpc) is 3.73. The van der Waals surface area contributed by atoms with Crippen LogP contribution in [-0.4, -0.2) is 69.9 Å². The summed E-state index contributed by atoms with van der Waals surface area (Å²) in [5.41, 5.74) is 3.31. The second kappa shape index (κ2) is 10.9. The third kappa shape index (κ3) is 5.18. The van der Waals surface area contributed by atoms with Crippen molar-refractivity contribution in [3.8, 4) is 29.1 Å². The molecule has 3 aliphatic rings. The molecule has 3 fully saturated rings. The van der Waals surface area contributed by atoms with E-state index in [1.807, 2.05) is 13.0 Å². The lowest BCUT2D eigenvalue weighted by atomic mass is 9.95. The fourth-order valence-corrected chi connectivity index (χ4v) is 7.84. The quantitative estimate of drug-likeness (QED) is 0.258. The van der Waals surface area contributed by atoms with Crippen LogP contribution in [0.1, 0.15) is 43.9 Å². The molecule has 4 atom stereocenters. The van der Waals surface area contributed by atoms with Crippen LogP contribution in [0, 0.1) is 17.1 Å². The number of halogens is 5. The number of alkyl halides is 4. The molecule has 4 unspecified atom stereocenters. The number of ether oxygens (including phenoxy) is 2. The van der Waals surface area contributed by atoms with E-state index in [1.165, 1.54) is 12.1 Å². The molecule has 4 aromatic rings. The van der Waals surface area contributed by atoms with Crippen LogP contribution in [0.4, 0.5) is 27.0 Å². The molecule has 45 heavy (non-hydrogen) atoms. The van der Waals surface area contributed by atoms with Crippen LogP contribution in [0.5, 0.6) is 11.9 Å². The maximum Gasteiger partial charge on any atom is 0.433 e. The Bertz CT molecular complexity index is 1860. The topological polar surface area (TPSA) is 122 Å². The molecule has 3 N–H and O–H groups in total. The summed E-state index contributed by atoms with van der Waals surface area (Å²) in [6.07, 6.45) is -3.79. The van der Waals surface area contributed by atoms with Crippen molar-refractivity contribution < 1.29 is 31.4 Å². The van der Waals surface area contributed by atoms with Gasteiger partial charge in [-0.15, -0.1) is 11.3 Å². The van der Waals surface area contributed by atoms with E-state index >= 15 is 0 Å². The second-order valence-corrected chi connectivity index (χ2v) is 13.0. The molecule has 7 rings (SSSR count). The molecule has 0 amide bonds. The number of anilines is 1. The Hall–Kier alpha value is -3.87. The molecule has 15 heteroatoms. The van der Waals surface area contributed by atoms with Gasteiger partial charge in [-0.05, 0) is 44.0 Å². The molecule has 0 aliphatic carbocycles. The van der Waals surface area contributed by atoms with Gasteiger partial charge in [0.2, 0.25) is 5.88 Å². The van der Waals surface area contributed by atoms with Gasteiger partial charge in [0.05, 0.1) is 15.8 Å². The highest BCUT2D eigenvalue weighted by Crippen LogP contribution is 2.46. The highest BCUT2D eigenvalue weighted by Gasteiger charge is 2.49. The molecule has 6 heterocycles. The summed E-state index contributed by atoms with van der Waals surface area (Å²) in [6, 6.07) is 5.25. The summed E-state index contributed by atoms with van der Waals surface area (Å²) < 4.78 is 85.3. The van der Waals surface area contributed by atoms with E-state index in [0.717, 1.165) is 36.8 Å². The minimum atomic E-state index is -4.95. The largest absolute Gasteiger partial charge is 0.471 e. The van der Waals surface area contributed by atoms with Crippen molar-refractivity contribution in [2.45, 2.75) is 62.6 Å². The van der Waals surface area contributed by atoms with E-state index in [9.17, 15) is 27.2 Å². The Morgan fingerprint density at radius 2 is 2.07 bits per heavy atom.